The molecule has 1 aliphatic heterocycles. The monoisotopic (exact) mass is 414 g/mol. The lowest BCUT2D eigenvalue weighted by Crippen LogP contribution is -2.23. The summed E-state index contributed by atoms with van der Waals surface area (Å²) in [5.74, 6) is 0. The Bertz CT molecular complexity index is 1010. The van der Waals surface area contributed by atoms with Gasteiger partial charge >= 0.3 is 6.18 Å². The van der Waals surface area contributed by atoms with E-state index < -0.39 is 11.7 Å². The number of likely N-dealkylation sites (tertiary alicyclic amines) is 1. The summed E-state index contributed by atoms with van der Waals surface area (Å²) < 4.78 is 40.7. The van der Waals surface area contributed by atoms with Gasteiger partial charge in [-0.2, -0.15) is 18.3 Å². The number of halogens is 3. The van der Waals surface area contributed by atoms with E-state index in [2.05, 4.69) is 21.9 Å². The van der Waals surface area contributed by atoms with Gasteiger partial charge in [0, 0.05) is 31.0 Å². The van der Waals surface area contributed by atoms with Gasteiger partial charge < -0.3 is 0 Å². The first kappa shape index (κ1) is 20.6. The van der Waals surface area contributed by atoms with Crippen molar-refractivity contribution in [2.45, 2.75) is 44.9 Å². The van der Waals surface area contributed by atoms with E-state index in [-0.39, 0.29) is 6.04 Å². The van der Waals surface area contributed by atoms with Crippen molar-refractivity contribution in [1.82, 2.24) is 19.7 Å². The molecule has 3 heterocycles. The number of rotatable bonds is 5. The molecule has 0 radical (unpaired) electrons. The topological polar surface area (TPSA) is 34.0 Å². The molecule has 3 aromatic rings. The van der Waals surface area contributed by atoms with E-state index >= 15 is 0 Å². The molecular formula is C23H25F3N4. The van der Waals surface area contributed by atoms with Crippen LogP contribution in [0.4, 0.5) is 13.2 Å². The first-order valence-corrected chi connectivity index (χ1v) is 10.1. The third-order valence-corrected chi connectivity index (χ3v) is 5.93. The lowest BCUT2D eigenvalue weighted by atomic mass is 10.0. The highest BCUT2D eigenvalue weighted by molar-refractivity contribution is 5.30. The van der Waals surface area contributed by atoms with Gasteiger partial charge in [0.2, 0.25) is 0 Å². The van der Waals surface area contributed by atoms with Gasteiger partial charge in [0.25, 0.3) is 0 Å². The first-order valence-electron chi connectivity index (χ1n) is 10.1. The van der Waals surface area contributed by atoms with Crippen LogP contribution < -0.4 is 0 Å². The lowest BCUT2D eigenvalue weighted by molar-refractivity contribution is -0.137. The van der Waals surface area contributed by atoms with E-state index in [1.807, 2.05) is 30.1 Å². The van der Waals surface area contributed by atoms with Crippen LogP contribution in [0.5, 0.6) is 0 Å². The molecule has 1 saturated heterocycles. The first-order chi connectivity index (χ1) is 14.3. The molecule has 0 bridgehead atoms. The van der Waals surface area contributed by atoms with Crippen LogP contribution >= 0.6 is 0 Å². The molecular weight excluding hydrogens is 389 g/mol. The minimum Gasteiger partial charge on any atom is -0.290 e. The van der Waals surface area contributed by atoms with Gasteiger partial charge in [0.05, 0.1) is 23.5 Å². The van der Waals surface area contributed by atoms with Crippen LogP contribution in [0, 0.1) is 6.92 Å². The Morgan fingerprint density at radius 1 is 1.10 bits per heavy atom. The average Bonchev–Trinajstić information content (AvgIpc) is 3.30. The molecule has 1 fully saturated rings. The van der Waals surface area contributed by atoms with E-state index in [4.69, 9.17) is 0 Å². The number of nitrogens with zero attached hydrogens (tertiary/aromatic N) is 4. The van der Waals surface area contributed by atoms with Crippen molar-refractivity contribution in [3.8, 4) is 0 Å². The molecule has 30 heavy (non-hydrogen) atoms. The molecule has 4 nitrogen and oxygen atoms in total. The zero-order valence-corrected chi connectivity index (χ0v) is 17.2. The summed E-state index contributed by atoms with van der Waals surface area (Å²) >= 11 is 0. The van der Waals surface area contributed by atoms with E-state index in [9.17, 15) is 13.2 Å². The Morgan fingerprint density at radius 2 is 1.93 bits per heavy atom. The number of alkyl halides is 3. The summed E-state index contributed by atoms with van der Waals surface area (Å²) in [6.45, 7) is 3.94. The predicted molar refractivity (Wildman–Crippen MR) is 109 cm³/mol. The Labute approximate surface area is 174 Å². The second kappa shape index (κ2) is 8.22. The van der Waals surface area contributed by atoms with E-state index in [0.29, 0.717) is 12.0 Å². The fourth-order valence-corrected chi connectivity index (χ4v) is 4.10. The third kappa shape index (κ3) is 4.41. The summed E-state index contributed by atoms with van der Waals surface area (Å²) in [5.41, 5.74) is 4.34. The Kier molecular flexibility index (Phi) is 5.64. The van der Waals surface area contributed by atoms with Crippen LogP contribution in [0.1, 0.15) is 52.5 Å². The number of hydrogen-bond donors (Lipinski definition) is 0. The van der Waals surface area contributed by atoms with Crippen LogP contribution in [0.2, 0.25) is 0 Å². The van der Waals surface area contributed by atoms with Crippen molar-refractivity contribution in [1.29, 1.82) is 0 Å². The van der Waals surface area contributed by atoms with Crippen molar-refractivity contribution >= 4 is 0 Å². The average molecular weight is 414 g/mol. The molecule has 0 amide bonds. The molecule has 1 aliphatic rings. The highest BCUT2D eigenvalue weighted by Crippen LogP contribution is 2.33. The van der Waals surface area contributed by atoms with Gasteiger partial charge in [-0.3, -0.25) is 14.6 Å². The highest BCUT2D eigenvalue weighted by Gasteiger charge is 2.30. The maximum absolute atomic E-state index is 12.9. The predicted octanol–water partition coefficient (Wildman–Crippen LogP) is 5.07. The van der Waals surface area contributed by atoms with Crippen molar-refractivity contribution in [3.05, 3.63) is 82.4 Å². The Hall–Kier alpha value is -2.67. The Morgan fingerprint density at radius 3 is 2.60 bits per heavy atom. The standard InChI is InChI=1S/C23H25F3N4/c1-16-19(14-28-29(16)2)15-30-10-4-7-22(30)21-9-8-18(13-27-21)11-17-5-3-6-20(12-17)23(24,25)26/h3,5-6,8-9,12-14,22H,4,7,10-11,15H2,1-2H3/t22-/m0/s1. The van der Waals surface area contributed by atoms with Gasteiger partial charge in [0.1, 0.15) is 0 Å². The number of aryl methyl sites for hydroxylation is 1. The fourth-order valence-electron chi connectivity index (χ4n) is 4.10. The summed E-state index contributed by atoms with van der Waals surface area (Å²) in [4.78, 5) is 7.09. The molecule has 4 rings (SSSR count). The summed E-state index contributed by atoms with van der Waals surface area (Å²) in [6.07, 6.45) is 2.01. The van der Waals surface area contributed by atoms with Crippen LogP contribution in [0.3, 0.4) is 0 Å². The molecule has 1 atom stereocenters. The zero-order chi connectivity index (χ0) is 21.3. The summed E-state index contributed by atoms with van der Waals surface area (Å²) in [5, 5.41) is 4.33. The number of benzene rings is 1. The molecule has 7 heteroatoms. The quantitative estimate of drug-likeness (QED) is 0.585. The fraction of sp³-hybridized carbons (Fsp3) is 0.391. The van der Waals surface area contributed by atoms with Crippen LogP contribution in [0.25, 0.3) is 0 Å². The van der Waals surface area contributed by atoms with Crippen LogP contribution in [-0.4, -0.2) is 26.2 Å². The van der Waals surface area contributed by atoms with Crippen molar-refractivity contribution in [2.24, 2.45) is 7.05 Å². The van der Waals surface area contributed by atoms with Gasteiger partial charge in [-0.25, -0.2) is 0 Å². The van der Waals surface area contributed by atoms with Crippen LogP contribution in [-0.2, 0) is 26.2 Å². The van der Waals surface area contributed by atoms with Crippen LogP contribution in [0.15, 0.2) is 48.8 Å². The van der Waals surface area contributed by atoms with Crippen molar-refractivity contribution in [2.75, 3.05) is 6.54 Å². The van der Waals surface area contributed by atoms with E-state index in [0.717, 1.165) is 43.3 Å². The maximum atomic E-state index is 12.9. The maximum Gasteiger partial charge on any atom is 0.416 e. The van der Waals surface area contributed by atoms with E-state index in [1.54, 1.807) is 12.3 Å². The molecule has 158 valence electrons. The number of hydrogen-bond acceptors (Lipinski definition) is 3. The molecule has 0 unspecified atom stereocenters. The highest BCUT2D eigenvalue weighted by atomic mass is 19.4. The molecule has 0 spiro atoms. The van der Waals surface area contributed by atoms with E-state index in [1.165, 1.54) is 23.4 Å². The van der Waals surface area contributed by atoms with Crippen molar-refractivity contribution in [3.63, 3.8) is 0 Å². The van der Waals surface area contributed by atoms with Gasteiger partial charge in [0.15, 0.2) is 0 Å². The number of aromatic nitrogens is 3. The van der Waals surface area contributed by atoms with Gasteiger partial charge in [-0.05, 0) is 56.0 Å². The lowest BCUT2D eigenvalue weighted by Gasteiger charge is -2.24. The second-order valence-electron chi connectivity index (χ2n) is 7.97. The smallest absolute Gasteiger partial charge is 0.290 e. The third-order valence-electron chi connectivity index (χ3n) is 5.93. The SMILES string of the molecule is Cc1c(CN2CCC[C@H]2c2ccc(Cc3cccc(C(F)(F)F)c3)cn2)cnn1C. The molecule has 1 aromatic carbocycles. The zero-order valence-electron chi connectivity index (χ0n) is 17.2. The van der Waals surface area contributed by atoms with Gasteiger partial charge in [-0.1, -0.05) is 24.3 Å². The minimum absolute atomic E-state index is 0.257. The summed E-state index contributed by atoms with van der Waals surface area (Å²) in [6, 6.07) is 9.74. The van der Waals surface area contributed by atoms with Gasteiger partial charge in [-0.15, -0.1) is 0 Å². The normalized spacial score (nSPS) is 17.6. The van der Waals surface area contributed by atoms with Crippen molar-refractivity contribution < 1.29 is 13.2 Å². The minimum atomic E-state index is -4.32. The molecule has 0 N–H and O–H groups in total. The molecule has 0 aliphatic carbocycles. The second-order valence-corrected chi connectivity index (χ2v) is 7.97. The largest absolute Gasteiger partial charge is 0.416 e. The summed E-state index contributed by atoms with van der Waals surface area (Å²) in [7, 11) is 1.95. The molecule has 0 saturated carbocycles. The Balaban J connectivity index is 1.46. The number of pyridine rings is 1. The molecule has 2 aromatic heterocycles.